The zero-order chi connectivity index (χ0) is 20.1. The van der Waals surface area contributed by atoms with E-state index in [0.29, 0.717) is 32.3 Å². The number of likely N-dealkylation sites (N-methyl/N-ethyl adjacent to an activating group) is 1. The van der Waals surface area contributed by atoms with Crippen LogP contribution in [0.4, 0.5) is 0 Å². The van der Waals surface area contributed by atoms with Crippen molar-refractivity contribution in [2.45, 2.75) is 20.3 Å². The molecule has 0 saturated carbocycles. The molecule has 1 amide bonds. The molecule has 7 nitrogen and oxygen atoms in total. The van der Waals surface area contributed by atoms with Gasteiger partial charge in [0.15, 0.2) is 17.5 Å². The fraction of sp³-hybridized carbons (Fsp3) is 0.500. The second-order valence-electron chi connectivity index (χ2n) is 5.95. The summed E-state index contributed by atoms with van der Waals surface area (Å²) in [5.74, 6) is 2.05. The Labute approximate surface area is 185 Å². The zero-order valence-electron chi connectivity index (χ0n) is 17.3. The summed E-state index contributed by atoms with van der Waals surface area (Å²) in [4.78, 5) is 17.5. The van der Waals surface area contributed by atoms with Crippen molar-refractivity contribution in [2.24, 2.45) is 4.99 Å². The Bertz CT molecular complexity index is 636. The van der Waals surface area contributed by atoms with Gasteiger partial charge >= 0.3 is 0 Å². The number of nitrogens with zero attached hydrogens (tertiary/aromatic N) is 2. The number of carbonyl (C=O) groups excluding carboxylic acids is 1. The molecule has 8 heteroatoms. The van der Waals surface area contributed by atoms with Crippen molar-refractivity contribution in [1.29, 1.82) is 0 Å². The molecule has 0 aromatic heterocycles. The van der Waals surface area contributed by atoms with Gasteiger partial charge < -0.3 is 25.0 Å². The summed E-state index contributed by atoms with van der Waals surface area (Å²) >= 11 is 0. The number of carbonyl (C=O) groups is 1. The minimum Gasteiger partial charge on any atom is -0.490 e. The number of guanidine groups is 1. The Morgan fingerprint density at radius 3 is 2.46 bits per heavy atom. The molecule has 0 unspecified atom stereocenters. The lowest BCUT2D eigenvalue weighted by Gasteiger charge is -2.14. The first-order chi connectivity index (χ1) is 13.0. The Morgan fingerprint density at radius 1 is 1.18 bits per heavy atom. The van der Waals surface area contributed by atoms with Gasteiger partial charge in [0, 0.05) is 27.2 Å². The van der Waals surface area contributed by atoms with Gasteiger partial charge in [-0.2, -0.15) is 0 Å². The summed E-state index contributed by atoms with van der Waals surface area (Å²) in [5, 5.41) is 6.35. The summed E-state index contributed by atoms with van der Waals surface area (Å²) in [5.41, 5.74) is 1.13. The standard InChI is InChI=1S/C20H32N4O3.HI/c1-6-12-21-20(23-15-19(25)24(4)5)22-13-11-16-9-10-17(26-7-2)18(14-16)27-8-3;/h6,9-10,14H,1,7-8,11-13,15H2,2-5H3,(H2,21,22,23);1H. The molecule has 0 aliphatic heterocycles. The third-order valence-electron chi connectivity index (χ3n) is 3.60. The summed E-state index contributed by atoms with van der Waals surface area (Å²) in [6.07, 6.45) is 2.52. The molecule has 28 heavy (non-hydrogen) atoms. The number of rotatable bonds is 11. The first-order valence-electron chi connectivity index (χ1n) is 9.23. The third-order valence-corrected chi connectivity index (χ3v) is 3.60. The molecular weight excluding hydrogens is 471 g/mol. The second kappa shape index (κ2) is 15.0. The van der Waals surface area contributed by atoms with Gasteiger partial charge in [-0.25, -0.2) is 4.99 Å². The van der Waals surface area contributed by atoms with Crippen LogP contribution in [-0.2, 0) is 11.2 Å². The Kier molecular flexibility index (Phi) is 14.0. The average molecular weight is 504 g/mol. The highest BCUT2D eigenvalue weighted by atomic mass is 127. The molecule has 1 rings (SSSR count). The second-order valence-corrected chi connectivity index (χ2v) is 5.95. The van der Waals surface area contributed by atoms with E-state index in [1.54, 1.807) is 20.2 Å². The summed E-state index contributed by atoms with van der Waals surface area (Å²) in [7, 11) is 3.42. The number of hydrogen-bond acceptors (Lipinski definition) is 4. The highest BCUT2D eigenvalue weighted by Crippen LogP contribution is 2.28. The molecule has 1 aromatic carbocycles. The van der Waals surface area contributed by atoms with Crippen molar-refractivity contribution in [3.63, 3.8) is 0 Å². The first-order valence-corrected chi connectivity index (χ1v) is 9.23. The van der Waals surface area contributed by atoms with Gasteiger partial charge in [-0.3, -0.25) is 4.79 Å². The third kappa shape index (κ3) is 9.82. The van der Waals surface area contributed by atoms with E-state index in [-0.39, 0.29) is 36.4 Å². The Morgan fingerprint density at radius 2 is 1.86 bits per heavy atom. The average Bonchev–Trinajstić information content (AvgIpc) is 2.65. The van der Waals surface area contributed by atoms with Gasteiger partial charge in [0.1, 0.15) is 6.54 Å². The van der Waals surface area contributed by atoms with Crippen LogP contribution in [0, 0.1) is 0 Å². The van der Waals surface area contributed by atoms with E-state index in [4.69, 9.17) is 9.47 Å². The fourth-order valence-corrected chi connectivity index (χ4v) is 2.21. The highest BCUT2D eigenvalue weighted by molar-refractivity contribution is 14.0. The number of aliphatic imine (C=N–C) groups is 1. The molecule has 2 N–H and O–H groups in total. The lowest BCUT2D eigenvalue weighted by molar-refractivity contribution is -0.127. The van der Waals surface area contributed by atoms with E-state index >= 15 is 0 Å². The zero-order valence-corrected chi connectivity index (χ0v) is 19.6. The number of ether oxygens (including phenoxy) is 2. The fourth-order valence-electron chi connectivity index (χ4n) is 2.21. The molecule has 0 fully saturated rings. The maximum absolute atomic E-state index is 11.7. The summed E-state index contributed by atoms with van der Waals surface area (Å²) < 4.78 is 11.3. The monoisotopic (exact) mass is 504 g/mol. The molecule has 0 bridgehead atoms. The van der Waals surface area contributed by atoms with E-state index in [9.17, 15) is 4.79 Å². The van der Waals surface area contributed by atoms with Crippen molar-refractivity contribution in [3.8, 4) is 11.5 Å². The van der Waals surface area contributed by atoms with E-state index in [1.807, 2.05) is 32.0 Å². The van der Waals surface area contributed by atoms with E-state index in [2.05, 4.69) is 22.2 Å². The molecule has 0 saturated heterocycles. The number of benzene rings is 1. The van der Waals surface area contributed by atoms with Crippen LogP contribution in [0.2, 0.25) is 0 Å². The van der Waals surface area contributed by atoms with Gasteiger partial charge in [-0.15, -0.1) is 30.6 Å². The predicted octanol–water partition coefficient (Wildman–Crippen LogP) is 2.45. The molecule has 0 atom stereocenters. The van der Waals surface area contributed by atoms with Crippen LogP contribution in [-0.4, -0.2) is 63.7 Å². The highest BCUT2D eigenvalue weighted by Gasteiger charge is 2.07. The quantitative estimate of drug-likeness (QED) is 0.210. The summed E-state index contributed by atoms with van der Waals surface area (Å²) in [6, 6.07) is 5.96. The van der Waals surface area contributed by atoms with Crippen LogP contribution in [0.3, 0.4) is 0 Å². The van der Waals surface area contributed by atoms with Crippen LogP contribution in [0.5, 0.6) is 11.5 Å². The molecule has 0 heterocycles. The minimum atomic E-state index is -0.0532. The molecule has 0 radical (unpaired) electrons. The van der Waals surface area contributed by atoms with Gasteiger partial charge in [-0.05, 0) is 38.0 Å². The van der Waals surface area contributed by atoms with Crippen LogP contribution in [0.1, 0.15) is 19.4 Å². The minimum absolute atomic E-state index is 0. The predicted molar refractivity (Wildman–Crippen MR) is 125 cm³/mol. The van der Waals surface area contributed by atoms with E-state index in [0.717, 1.165) is 23.5 Å². The van der Waals surface area contributed by atoms with Crippen molar-refractivity contribution in [2.75, 3.05) is 46.9 Å². The van der Waals surface area contributed by atoms with Gasteiger partial charge in [0.05, 0.1) is 13.2 Å². The Balaban J connectivity index is 0.00000729. The maximum Gasteiger partial charge on any atom is 0.243 e. The van der Waals surface area contributed by atoms with Crippen molar-refractivity contribution in [3.05, 3.63) is 36.4 Å². The van der Waals surface area contributed by atoms with Gasteiger partial charge in [0.25, 0.3) is 0 Å². The number of halogens is 1. The lowest BCUT2D eigenvalue weighted by Crippen LogP contribution is -2.39. The molecular formula is C20H33IN4O3. The van der Waals surface area contributed by atoms with Crippen LogP contribution in [0.25, 0.3) is 0 Å². The molecule has 1 aromatic rings. The number of amides is 1. The van der Waals surface area contributed by atoms with Crippen LogP contribution < -0.4 is 20.1 Å². The van der Waals surface area contributed by atoms with E-state index in [1.165, 1.54) is 4.90 Å². The molecule has 158 valence electrons. The van der Waals surface area contributed by atoms with Crippen LogP contribution >= 0.6 is 24.0 Å². The molecule has 0 spiro atoms. The largest absolute Gasteiger partial charge is 0.490 e. The number of nitrogens with one attached hydrogen (secondary N) is 2. The normalized spacial score (nSPS) is 10.5. The molecule has 0 aliphatic rings. The van der Waals surface area contributed by atoms with Crippen LogP contribution in [0.15, 0.2) is 35.8 Å². The summed E-state index contributed by atoms with van der Waals surface area (Å²) in [6.45, 7) is 10.1. The SMILES string of the molecule is C=CCNC(=NCC(=O)N(C)C)NCCc1ccc(OCC)c(OCC)c1.I. The number of hydrogen-bond donors (Lipinski definition) is 2. The van der Waals surface area contributed by atoms with Crippen molar-refractivity contribution < 1.29 is 14.3 Å². The van der Waals surface area contributed by atoms with Crippen molar-refractivity contribution in [1.82, 2.24) is 15.5 Å². The van der Waals surface area contributed by atoms with Crippen molar-refractivity contribution >= 4 is 35.8 Å². The van der Waals surface area contributed by atoms with Gasteiger partial charge in [0.2, 0.25) is 5.91 Å². The first kappa shape index (κ1) is 26.0. The topological polar surface area (TPSA) is 75.2 Å². The van der Waals surface area contributed by atoms with E-state index < -0.39 is 0 Å². The van der Waals surface area contributed by atoms with Gasteiger partial charge in [-0.1, -0.05) is 12.1 Å². The maximum atomic E-state index is 11.7. The molecule has 0 aliphatic carbocycles. The lowest BCUT2D eigenvalue weighted by atomic mass is 10.1. The Hall–Kier alpha value is -1.97. The smallest absolute Gasteiger partial charge is 0.243 e.